The van der Waals surface area contributed by atoms with Crippen LogP contribution in [0.5, 0.6) is 0 Å². The number of aromatic nitrogens is 1. The molecule has 2 atom stereocenters. The molecule has 9 heteroatoms. The van der Waals surface area contributed by atoms with Gasteiger partial charge in [0.15, 0.2) is 0 Å². The van der Waals surface area contributed by atoms with Crippen LogP contribution in [0.2, 0.25) is 5.02 Å². The lowest BCUT2D eigenvalue weighted by Crippen LogP contribution is -2.82. The van der Waals surface area contributed by atoms with Crippen molar-refractivity contribution in [2.75, 3.05) is 31.3 Å². The maximum absolute atomic E-state index is 12.7. The Hall–Kier alpha value is -1.48. The number of halogens is 4. The lowest BCUT2D eigenvalue weighted by atomic mass is 10.2. The van der Waals surface area contributed by atoms with E-state index in [0.717, 1.165) is 30.1 Å². The zero-order valence-electron chi connectivity index (χ0n) is 14.8. The zero-order valence-corrected chi connectivity index (χ0v) is 16.4. The van der Waals surface area contributed by atoms with Gasteiger partial charge in [0.1, 0.15) is 17.7 Å². The third kappa shape index (κ3) is 5.07. The molecular formula is C18H20ClF3N3OS+. The summed E-state index contributed by atoms with van der Waals surface area (Å²) < 4.78 is 44.1. The minimum atomic E-state index is -4.45. The summed E-state index contributed by atoms with van der Waals surface area (Å²) >= 11 is 7.26. The smallest absolute Gasteiger partial charge is 0.378 e. The standard InChI is InChI=1S/C18H19ClF3N3OS/c1-25(2)13-5-3-11(4-6-13)16-23-9-14(26-16)10-27-17-15(19)7-12(8-24-17)18(20,21)22/h3-8,14,16,23H,9-10H2,1-2H3/p+1/t14-,16+/m0/s1. The minimum absolute atomic E-state index is 0.00706. The van der Waals surface area contributed by atoms with E-state index >= 15 is 0 Å². The Balaban J connectivity index is 1.56. The van der Waals surface area contributed by atoms with E-state index in [1.54, 1.807) is 0 Å². The van der Waals surface area contributed by atoms with Crippen molar-refractivity contribution in [2.24, 2.45) is 0 Å². The fourth-order valence-corrected chi connectivity index (χ4v) is 3.95. The molecule has 1 aromatic carbocycles. The molecule has 2 aromatic rings. The number of ether oxygens (including phenoxy) is 1. The van der Waals surface area contributed by atoms with E-state index in [-0.39, 0.29) is 17.4 Å². The van der Waals surface area contributed by atoms with E-state index in [1.807, 2.05) is 43.3 Å². The van der Waals surface area contributed by atoms with Crippen LogP contribution < -0.4 is 10.2 Å². The van der Waals surface area contributed by atoms with Crippen LogP contribution in [0.4, 0.5) is 18.9 Å². The lowest BCUT2D eigenvalue weighted by molar-refractivity contribution is -0.697. The highest BCUT2D eigenvalue weighted by Gasteiger charge is 2.32. The highest BCUT2D eigenvalue weighted by molar-refractivity contribution is 7.99. The van der Waals surface area contributed by atoms with Gasteiger partial charge in [-0.2, -0.15) is 13.2 Å². The summed E-state index contributed by atoms with van der Waals surface area (Å²) in [6, 6.07) is 9.08. The second-order valence-corrected chi connectivity index (χ2v) is 7.87. The number of pyridine rings is 1. The third-order valence-electron chi connectivity index (χ3n) is 4.23. The SMILES string of the molecule is CN(C)c1ccc([C@@H]2[NH2+]C[C@@H](CSc3ncc(C(F)(F)F)cc3Cl)O2)cc1. The zero-order chi connectivity index (χ0) is 19.6. The molecular weight excluding hydrogens is 399 g/mol. The van der Waals surface area contributed by atoms with Gasteiger partial charge in [-0.25, -0.2) is 4.98 Å². The van der Waals surface area contributed by atoms with Crippen LogP contribution in [0.15, 0.2) is 41.6 Å². The van der Waals surface area contributed by atoms with Gasteiger partial charge in [-0.1, -0.05) is 11.6 Å². The number of rotatable bonds is 5. The lowest BCUT2D eigenvalue weighted by Gasteiger charge is -2.14. The van der Waals surface area contributed by atoms with E-state index in [0.29, 0.717) is 10.8 Å². The summed E-state index contributed by atoms with van der Waals surface area (Å²) in [5.74, 6) is 0.570. The second kappa shape index (κ2) is 8.26. The fraction of sp³-hybridized carbons (Fsp3) is 0.389. The molecule has 0 unspecified atom stereocenters. The molecule has 0 bridgehead atoms. The molecule has 1 aromatic heterocycles. The van der Waals surface area contributed by atoms with Crippen LogP contribution in [0.1, 0.15) is 17.4 Å². The van der Waals surface area contributed by atoms with Gasteiger partial charge in [0.25, 0.3) is 0 Å². The molecule has 146 valence electrons. The molecule has 1 saturated heterocycles. The van der Waals surface area contributed by atoms with Gasteiger partial charge in [0.2, 0.25) is 6.23 Å². The molecule has 0 aliphatic carbocycles. The summed E-state index contributed by atoms with van der Waals surface area (Å²) in [6.07, 6.45) is -3.75. The van der Waals surface area contributed by atoms with Crippen LogP contribution >= 0.6 is 23.4 Å². The van der Waals surface area contributed by atoms with Crippen molar-refractivity contribution in [1.82, 2.24) is 4.98 Å². The summed E-state index contributed by atoms with van der Waals surface area (Å²) in [5.41, 5.74) is 1.36. The molecule has 2 heterocycles. The van der Waals surface area contributed by atoms with Crippen molar-refractivity contribution >= 4 is 29.1 Å². The Morgan fingerprint density at radius 1 is 1.30 bits per heavy atom. The predicted octanol–water partition coefficient (Wildman–Crippen LogP) is 3.57. The number of hydrogen-bond acceptors (Lipinski definition) is 4. The molecule has 0 saturated carbocycles. The van der Waals surface area contributed by atoms with E-state index in [4.69, 9.17) is 16.3 Å². The van der Waals surface area contributed by atoms with Crippen LogP contribution in [0.25, 0.3) is 0 Å². The molecule has 2 N–H and O–H groups in total. The number of nitrogens with zero attached hydrogens (tertiary/aromatic N) is 2. The Kier molecular flexibility index (Phi) is 6.20. The highest BCUT2D eigenvalue weighted by Crippen LogP contribution is 2.34. The van der Waals surface area contributed by atoms with Crippen LogP contribution in [0, 0.1) is 0 Å². The van der Waals surface area contributed by atoms with E-state index in [1.165, 1.54) is 11.8 Å². The monoisotopic (exact) mass is 418 g/mol. The number of alkyl halides is 3. The Labute approximate surface area is 165 Å². The average molecular weight is 419 g/mol. The molecule has 0 spiro atoms. The first-order valence-corrected chi connectivity index (χ1v) is 9.72. The van der Waals surface area contributed by atoms with Crippen LogP contribution in [-0.2, 0) is 10.9 Å². The number of hydrogen-bond donors (Lipinski definition) is 1. The third-order valence-corrected chi connectivity index (χ3v) is 5.77. The van der Waals surface area contributed by atoms with Gasteiger partial charge in [-0.3, -0.25) is 0 Å². The van der Waals surface area contributed by atoms with E-state index in [2.05, 4.69) is 10.3 Å². The maximum Gasteiger partial charge on any atom is 0.417 e. The average Bonchev–Trinajstić information content (AvgIpc) is 3.09. The van der Waals surface area contributed by atoms with Crippen molar-refractivity contribution in [3.8, 4) is 0 Å². The summed E-state index contributed by atoms with van der Waals surface area (Å²) in [4.78, 5) is 5.88. The molecule has 0 amide bonds. The molecule has 3 rings (SSSR count). The summed E-state index contributed by atoms with van der Waals surface area (Å²) in [5, 5.41) is 2.50. The first kappa shape index (κ1) is 20.3. The molecule has 1 aliphatic heterocycles. The second-order valence-electron chi connectivity index (χ2n) is 6.46. The molecule has 0 radical (unpaired) electrons. The van der Waals surface area contributed by atoms with Gasteiger partial charge in [-0.15, -0.1) is 11.8 Å². The van der Waals surface area contributed by atoms with Gasteiger partial charge < -0.3 is 15.0 Å². The first-order chi connectivity index (χ1) is 12.7. The van der Waals surface area contributed by atoms with Crippen molar-refractivity contribution < 1.29 is 23.2 Å². The van der Waals surface area contributed by atoms with Crippen LogP contribution in [-0.4, -0.2) is 37.5 Å². The summed E-state index contributed by atoms with van der Waals surface area (Å²) in [7, 11) is 3.97. The normalized spacial score (nSPS) is 20.1. The van der Waals surface area contributed by atoms with Crippen molar-refractivity contribution in [3.63, 3.8) is 0 Å². The molecule has 1 fully saturated rings. The number of thioether (sulfide) groups is 1. The van der Waals surface area contributed by atoms with E-state index < -0.39 is 11.7 Å². The van der Waals surface area contributed by atoms with Gasteiger partial charge in [-0.05, 0) is 30.3 Å². The minimum Gasteiger partial charge on any atom is -0.378 e. The number of anilines is 1. The Bertz CT molecular complexity index is 786. The number of quaternary nitrogens is 1. The van der Waals surface area contributed by atoms with Gasteiger partial charge >= 0.3 is 6.18 Å². The van der Waals surface area contributed by atoms with Gasteiger partial charge in [0.05, 0.1) is 10.6 Å². The fourth-order valence-electron chi connectivity index (χ4n) is 2.74. The quantitative estimate of drug-likeness (QED) is 0.754. The topological polar surface area (TPSA) is 42.0 Å². The molecule has 1 aliphatic rings. The maximum atomic E-state index is 12.7. The highest BCUT2D eigenvalue weighted by atomic mass is 35.5. The van der Waals surface area contributed by atoms with Gasteiger partial charge in [0, 0.05) is 37.3 Å². The Morgan fingerprint density at radius 2 is 2.00 bits per heavy atom. The molecule has 27 heavy (non-hydrogen) atoms. The van der Waals surface area contributed by atoms with Crippen molar-refractivity contribution in [1.29, 1.82) is 0 Å². The van der Waals surface area contributed by atoms with Crippen molar-refractivity contribution in [2.45, 2.75) is 23.5 Å². The van der Waals surface area contributed by atoms with Crippen molar-refractivity contribution in [3.05, 3.63) is 52.7 Å². The van der Waals surface area contributed by atoms with E-state index in [9.17, 15) is 13.2 Å². The summed E-state index contributed by atoms with van der Waals surface area (Å²) in [6.45, 7) is 0.769. The number of benzene rings is 1. The molecule has 4 nitrogen and oxygen atoms in total. The predicted molar refractivity (Wildman–Crippen MR) is 100 cm³/mol. The van der Waals surface area contributed by atoms with Crippen LogP contribution in [0.3, 0.4) is 0 Å². The number of nitrogens with two attached hydrogens (primary N) is 1. The first-order valence-electron chi connectivity index (χ1n) is 8.35. The largest absolute Gasteiger partial charge is 0.417 e. The Morgan fingerprint density at radius 3 is 2.59 bits per heavy atom.